The Kier molecular flexibility index (Phi) is 8.12. The number of carbonyl (C=O) groups excluding carboxylic acids is 2. The number of amides is 1. The number of pyridine rings is 1. The summed E-state index contributed by atoms with van der Waals surface area (Å²) >= 11 is 2.31. The number of esters is 1. The second kappa shape index (κ2) is 10.8. The van der Waals surface area contributed by atoms with Crippen molar-refractivity contribution in [3.63, 3.8) is 0 Å². The van der Waals surface area contributed by atoms with Crippen LogP contribution in [0.4, 0.5) is 5.00 Å². The molecule has 1 aliphatic carbocycles. The highest BCUT2D eigenvalue weighted by Crippen LogP contribution is 2.36. The molecule has 9 heteroatoms. The lowest BCUT2D eigenvalue weighted by atomic mass is 9.87. The van der Waals surface area contributed by atoms with Crippen LogP contribution in [0, 0.1) is 35.5 Å². The standard InChI is InChI=1S/C24H26N4O3S2/c1-5-19(32-22-16(11-25)10-15-9-13(3)7-8-18(15)27-22)21(29)28-23-17(12-26)14(4)20(33-23)24(30)31-6-2/h10,13,19H,5-9H2,1-4H3,(H,28,29). The van der Waals surface area contributed by atoms with E-state index in [1.165, 1.54) is 11.8 Å². The number of rotatable bonds is 7. The van der Waals surface area contributed by atoms with Crippen molar-refractivity contribution in [1.29, 1.82) is 10.5 Å². The van der Waals surface area contributed by atoms with Gasteiger partial charge in [0.2, 0.25) is 5.91 Å². The summed E-state index contributed by atoms with van der Waals surface area (Å²) in [5, 5.41) is 22.4. The van der Waals surface area contributed by atoms with E-state index in [0.29, 0.717) is 38.4 Å². The number of aromatic nitrogens is 1. The molecule has 0 radical (unpaired) electrons. The van der Waals surface area contributed by atoms with Gasteiger partial charge in [-0.15, -0.1) is 11.3 Å². The van der Waals surface area contributed by atoms with E-state index in [2.05, 4.69) is 24.4 Å². The molecule has 1 N–H and O–H groups in total. The Labute approximate surface area is 202 Å². The van der Waals surface area contributed by atoms with Gasteiger partial charge in [-0.2, -0.15) is 10.5 Å². The zero-order chi connectivity index (χ0) is 24.1. The highest BCUT2D eigenvalue weighted by Gasteiger charge is 2.27. The third-order valence-electron chi connectivity index (χ3n) is 5.59. The molecular formula is C24H26N4O3S2. The van der Waals surface area contributed by atoms with Crippen LogP contribution in [-0.2, 0) is 22.4 Å². The largest absolute Gasteiger partial charge is 0.462 e. The highest BCUT2D eigenvalue weighted by atomic mass is 32.2. The monoisotopic (exact) mass is 482 g/mol. The molecule has 33 heavy (non-hydrogen) atoms. The smallest absolute Gasteiger partial charge is 0.348 e. The Morgan fingerprint density at radius 2 is 2.12 bits per heavy atom. The van der Waals surface area contributed by atoms with E-state index in [0.717, 1.165) is 41.9 Å². The van der Waals surface area contributed by atoms with Gasteiger partial charge >= 0.3 is 5.97 Å². The zero-order valence-electron chi connectivity index (χ0n) is 19.2. The number of hydrogen-bond acceptors (Lipinski definition) is 8. The number of nitrogens with zero attached hydrogens (tertiary/aromatic N) is 3. The molecule has 0 aliphatic heterocycles. The molecule has 2 aromatic heterocycles. The fourth-order valence-corrected chi connectivity index (χ4v) is 5.83. The van der Waals surface area contributed by atoms with E-state index >= 15 is 0 Å². The van der Waals surface area contributed by atoms with Crippen LogP contribution in [0.5, 0.6) is 0 Å². The maximum atomic E-state index is 13.1. The van der Waals surface area contributed by atoms with Gasteiger partial charge in [-0.05, 0) is 62.6 Å². The zero-order valence-corrected chi connectivity index (χ0v) is 20.8. The lowest BCUT2D eigenvalue weighted by Crippen LogP contribution is -2.25. The van der Waals surface area contributed by atoms with E-state index in [-0.39, 0.29) is 18.1 Å². The average Bonchev–Trinajstić information content (AvgIpc) is 3.11. The van der Waals surface area contributed by atoms with E-state index in [1.807, 2.05) is 13.0 Å². The first-order chi connectivity index (χ1) is 15.8. The first kappa shape index (κ1) is 24.8. The number of ether oxygens (including phenoxy) is 1. The van der Waals surface area contributed by atoms with Crippen molar-refractivity contribution in [2.75, 3.05) is 11.9 Å². The van der Waals surface area contributed by atoms with Gasteiger partial charge in [-0.3, -0.25) is 4.79 Å². The van der Waals surface area contributed by atoms with Crippen LogP contribution in [0.15, 0.2) is 11.1 Å². The lowest BCUT2D eigenvalue weighted by molar-refractivity contribution is -0.115. The number of carbonyl (C=O) groups is 2. The third-order valence-corrected chi connectivity index (χ3v) is 8.15. The Balaban J connectivity index is 1.84. The molecule has 2 atom stereocenters. The van der Waals surface area contributed by atoms with E-state index in [9.17, 15) is 20.1 Å². The molecule has 7 nitrogen and oxygen atoms in total. The van der Waals surface area contributed by atoms with Crippen LogP contribution in [0.3, 0.4) is 0 Å². The van der Waals surface area contributed by atoms with Crippen molar-refractivity contribution in [2.45, 2.75) is 63.7 Å². The summed E-state index contributed by atoms with van der Waals surface area (Å²) in [5.41, 5.74) is 3.36. The Bertz CT molecular complexity index is 1160. The van der Waals surface area contributed by atoms with Gasteiger partial charge in [0.05, 0.1) is 23.0 Å². The van der Waals surface area contributed by atoms with Crippen molar-refractivity contribution in [1.82, 2.24) is 4.98 Å². The number of fused-ring (bicyclic) bond motifs is 1. The molecule has 1 aliphatic rings. The quantitative estimate of drug-likeness (QED) is 0.436. The highest BCUT2D eigenvalue weighted by molar-refractivity contribution is 8.00. The van der Waals surface area contributed by atoms with Gasteiger partial charge < -0.3 is 10.1 Å². The predicted octanol–water partition coefficient (Wildman–Crippen LogP) is 5.01. The minimum absolute atomic E-state index is 0.224. The Morgan fingerprint density at radius 3 is 2.76 bits per heavy atom. The average molecular weight is 483 g/mol. The van der Waals surface area contributed by atoms with Crippen molar-refractivity contribution in [2.24, 2.45) is 5.92 Å². The Morgan fingerprint density at radius 1 is 1.36 bits per heavy atom. The first-order valence-electron chi connectivity index (χ1n) is 10.9. The summed E-state index contributed by atoms with van der Waals surface area (Å²) in [7, 11) is 0. The van der Waals surface area contributed by atoms with Crippen LogP contribution >= 0.6 is 23.1 Å². The molecule has 0 saturated heterocycles. The molecule has 0 fully saturated rings. The molecular weight excluding hydrogens is 456 g/mol. The van der Waals surface area contributed by atoms with Gasteiger partial charge in [0.1, 0.15) is 27.0 Å². The molecule has 3 rings (SSSR count). The van der Waals surface area contributed by atoms with Gasteiger partial charge in [0.25, 0.3) is 0 Å². The van der Waals surface area contributed by atoms with E-state index < -0.39 is 11.2 Å². The molecule has 0 saturated carbocycles. The molecule has 172 valence electrons. The topological polar surface area (TPSA) is 116 Å². The summed E-state index contributed by atoms with van der Waals surface area (Å²) in [6, 6.07) is 6.21. The number of thioether (sulfide) groups is 1. The third kappa shape index (κ3) is 5.38. The summed E-state index contributed by atoms with van der Waals surface area (Å²) in [5.74, 6) is -0.237. The normalized spacial score (nSPS) is 15.6. The van der Waals surface area contributed by atoms with Crippen LogP contribution in [0.1, 0.15) is 71.2 Å². The molecule has 1 amide bonds. The van der Waals surface area contributed by atoms with Crippen molar-refractivity contribution in [3.05, 3.63) is 38.9 Å². The minimum atomic E-state index is -0.510. The van der Waals surface area contributed by atoms with Crippen LogP contribution < -0.4 is 5.32 Å². The number of anilines is 1. The summed E-state index contributed by atoms with van der Waals surface area (Å²) < 4.78 is 5.06. The van der Waals surface area contributed by atoms with Crippen LogP contribution in [-0.4, -0.2) is 28.7 Å². The number of nitriles is 2. The first-order valence-corrected chi connectivity index (χ1v) is 12.6. The molecule has 2 aromatic rings. The van der Waals surface area contributed by atoms with Crippen molar-refractivity contribution >= 4 is 40.0 Å². The fourth-order valence-electron chi connectivity index (χ4n) is 3.77. The van der Waals surface area contributed by atoms with E-state index in [4.69, 9.17) is 9.72 Å². The predicted molar refractivity (Wildman–Crippen MR) is 128 cm³/mol. The summed E-state index contributed by atoms with van der Waals surface area (Å²) in [4.78, 5) is 30.3. The number of aryl methyl sites for hydroxylation is 1. The molecule has 0 aromatic carbocycles. The number of hydrogen-bond donors (Lipinski definition) is 1. The van der Waals surface area contributed by atoms with Gasteiger partial charge in [-0.25, -0.2) is 9.78 Å². The van der Waals surface area contributed by atoms with Gasteiger partial charge in [-0.1, -0.05) is 25.6 Å². The minimum Gasteiger partial charge on any atom is -0.462 e. The molecule has 2 heterocycles. The number of nitrogens with one attached hydrogen (secondary N) is 1. The maximum Gasteiger partial charge on any atom is 0.348 e. The van der Waals surface area contributed by atoms with Gasteiger partial charge in [0.15, 0.2) is 0 Å². The number of thiophene rings is 1. The summed E-state index contributed by atoms with van der Waals surface area (Å²) in [6.07, 6.45) is 3.35. The SMILES string of the molecule is CCOC(=O)c1sc(NC(=O)C(CC)Sc2nc3c(cc2C#N)CC(C)CC3)c(C#N)c1C. The maximum absolute atomic E-state index is 13.1. The van der Waals surface area contributed by atoms with Gasteiger partial charge in [0, 0.05) is 5.69 Å². The van der Waals surface area contributed by atoms with Crippen molar-refractivity contribution < 1.29 is 14.3 Å². The van der Waals surface area contributed by atoms with Crippen LogP contribution in [0.25, 0.3) is 0 Å². The molecule has 0 spiro atoms. The van der Waals surface area contributed by atoms with Crippen LogP contribution in [0.2, 0.25) is 0 Å². The fraction of sp³-hybridized carbons (Fsp3) is 0.458. The Hall–Kier alpha value is -2.88. The second-order valence-electron chi connectivity index (χ2n) is 8.00. The second-order valence-corrected chi connectivity index (χ2v) is 10.2. The summed E-state index contributed by atoms with van der Waals surface area (Å²) in [6.45, 7) is 7.69. The molecule has 0 bridgehead atoms. The van der Waals surface area contributed by atoms with E-state index in [1.54, 1.807) is 13.8 Å². The lowest BCUT2D eigenvalue weighted by Gasteiger charge is -2.22. The van der Waals surface area contributed by atoms with Crippen molar-refractivity contribution in [3.8, 4) is 12.1 Å². The molecule has 2 unspecified atom stereocenters.